The molecule has 0 saturated carbocycles. The lowest BCUT2D eigenvalue weighted by atomic mass is 10.0. The average Bonchev–Trinajstić information content (AvgIpc) is 3.05. The molecule has 2 heterocycles. The number of piperidine rings is 1. The number of likely N-dealkylation sites (tertiary alicyclic amines) is 2. The maximum Gasteiger partial charge on any atom is 0.401 e. The Bertz CT molecular complexity index is 527. The molecule has 0 amide bonds. The summed E-state index contributed by atoms with van der Waals surface area (Å²) in [4.78, 5) is 4.06. The molecular formula is C20H30F3N3. The van der Waals surface area contributed by atoms with Crippen molar-refractivity contribution < 1.29 is 13.2 Å². The molecule has 0 bridgehead atoms. The number of hydrogen-bond acceptors (Lipinski definition) is 3. The van der Waals surface area contributed by atoms with E-state index in [4.69, 9.17) is 0 Å². The Morgan fingerprint density at radius 2 is 1.65 bits per heavy atom. The summed E-state index contributed by atoms with van der Waals surface area (Å²) >= 11 is 0. The number of hydrogen-bond donors (Lipinski definition) is 1. The van der Waals surface area contributed by atoms with Gasteiger partial charge in [0.1, 0.15) is 0 Å². The van der Waals surface area contributed by atoms with Crippen LogP contribution in [0.5, 0.6) is 0 Å². The van der Waals surface area contributed by atoms with Crippen LogP contribution in [-0.2, 0) is 6.42 Å². The number of halogens is 3. The van der Waals surface area contributed by atoms with E-state index in [1.165, 1.54) is 5.56 Å². The lowest BCUT2D eigenvalue weighted by Crippen LogP contribution is -2.44. The molecule has 2 saturated heterocycles. The highest BCUT2D eigenvalue weighted by Gasteiger charge is 2.34. The molecule has 6 heteroatoms. The molecule has 1 aromatic carbocycles. The fraction of sp³-hybridized carbons (Fsp3) is 0.700. The summed E-state index contributed by atoms with van der Waals surface area (Å²) < 4.78 is 37.4. The van der Waals surface area contributed by atoms with Crippen LogP contribution < -0.4 is 5.32 Å². The molecule has 1 atom stereocenters. The predicted octanol–water partition coefficient (Wildman–Crippen LogP) is 3.17. The van der Waals surface area contributed by atoms with Crippen LogP contribution in [0.15, 0.2) is 30.3 Å². The molecule has 1 unspecified atom stereocenters. The molecule has 26 heavy (non-hydrogen) atoms. The van der Waals surface area contributed by atoms with Gasteiger partial charge in [0, 0.05) is 19.1 Å². The van der Waals surface area contributed by atoms with E-state index in [2.05, 4.69) is 34.5 Å². The van der Waals surface area contributed by atoms with Gasteiger partial charge in [-0.1, -0.05) is 30.3 Å². The minimum Gasteiger partial charge on any atom is -0.314 e. The van der Waals surface area contributed by atoms with Gasteiger partial charge in [-0.3, -0.25) is 4.90 Å². The summed E-state index contributed by atoms with van der Waals surface area (Å²) in [6, 6.07) is 11.1. The Morgan fingerprint density at radius 1 is 0.962 bits per heavy atom. The van der Waals surface area contributed by atoms with Crippen LogP contribution in [0.1, 0.15) is 24.8 Å². The van der Waals surface area contributed by atoms with E-state index in [-0.39, 0.29) is 0 Å². The van der Waals surface area contributed by atoms with Crippen molar-refractivity contribution in [1.82, 2.24) is 15.1 Å². The molecule has 3 rings (SSSR count). The summed E-state index contributed by atoms with van der Waals surface area (Å²) in [6.07, 6.45) is 0.158. The number of rotatable bonds is 7. The second-order valence-electron chi connectivity index (χ2n) is 7.76. The van der Waals surface area contributed by atoms with E-state index < -0.39 is 12.7 Å². The number of nitrogens with zero attached hydrogens (tertiary/aromatic N) is 2. The van der Waals surface area contributed by atoms with Crippen molar-refractivity contribution in [3.63, 3.8) is 0 Å². The van der Waals surface area contributed by atoms with Gasteiger partial charge in [0.15, 0.2) is 0 Å². The molecule has 2 aliphatic rings. The molecule has 0 radical (unpaired) electrons. The van der Waals surface area contributed by atoms with Gasteiger partial charge in [-0.15, -0.1) is 0 Å². The van der Waals surface area contributed by atoms with Crippen LogP contribution in [0.2, 0.25) is 0 Å². The van der Waals surface area contributed by atoms with Crippen molar-refractivity contribution in [3.8, 4) is 0 Å². The summed E-state index contributed by atoms with van der Waals surface area (Å²) in [5, 5.41) is 3.61. The molecule has 1 aromatic rings. The zero-order chi connectivity index (χ0) is 18.4. The minimum absolute atomic E-state index is 0.355. The summed E-state index contributed by atoms with van der Waals surface area (Å²) in [6.45, 7) is 4.55. The maximum absolute atomic E-state index is 12.5. The second kappa shape index (κ2) is 9.20. The fourth-order valence-electron chi connectivity index (χ4n) is 4.10. The van der Waals surface area contributed by atoms with E-state index in [0.29, 0.717) is 25.0 Å². The van der Waals surface area contributed by atoms with Gasteiger partial charge in [0.05, 0.1) is 6.54 Å². The third kappa shape index (κ3) is 6.56. The first-order valence-corrected chi connectivity index (χ1v) is 9.77. The van der Waals surface area contributed by atoms with Crippen LogP contribution in [0.4, 0.5) is 13.2 Å². The molecule has 0 aromatic heterocycles. The summed E-state index contributed by atoms with van der Waals surface area (Å²) in [5.74, 6) is 0.355. The first-order chi connectivity index (χ1) is 12.5. The Labute approximate surface area is 154 Å². The summed E-state index contributed by atoms with van der Waals surface area (Å²) in [5.41, 5.74) is 1.39. The van der Waals surface area contributed by atoms with Crippen molar-refractivity contribution in [1.29, 1.82) is 0 Å². The highest BCUT2D eigenvalue weighted by atomic mass is 19.4. The normalized spacial score (nSPS) is 23.6. The van der Waals surface area contributed by atoms with Crippen molar-refractivity contribution in [3.05, 3.63) is 35.9 Å². The highest BCUT2D eigenvalue weighted by molar-refractivity contribution is 5.14. The van der Waals surface area contributed by atoms with Gasteiger partial charge in [-0.05, 0) is 63.3 Å². The molecule has 2 fully saturated rings. The highest BCUT2D eigenvalue weighted by Crippen LogP contribution is 2.22. The third-order valence-corrected chi connectivity index (χ3v) is 5.62. The number of alkyl halides is 3. The topological polar surface area (TPSA) is 18.5 Å². The molecular weight excluding hydrogens is 339 g/mol. The first-order valence-electron chi connectivity index (χ1n) is 9.77. The van der Waals surface area contributed by atoms with Crippen LogP contribution in [0.3, 0.4) is 0 Å². The molecule has 0 aliphatic carbocycles. The Kier molecular flexibility index (Phi) is 6.95. The van der Waals surface area contributed by atoms with Crippen LogP contribution in [0, 0.1) is 5.92 Å². The van der Waals surface area contributed by atoms with Crippen LogP contribution in [0.25, 0.3) is 0 Å². The molecule has 0 spiro atoms. The monoisotopic (exact) mass is 369 g/mol. The van der Waals surface area contributed by atoms with E-state index in [1.807, 2.05) is 6.07 Å². The molecule has 1 N–H and O–H groups in total. The number of nitrogens with one attached hydrogen (secondary N) is 1. The Balaban J connectivity index is 1.29. The maximum atomic E-state index is 12.5. The standard InChI is InChI=1S/C20H30F3N3/c21-20(22,23)16-26-11-7-18(15-26)14-24-19-8-12-25(13-9-19)10-6-17-4-2-1-3-5-17/h1-5,18-19,24H,6-16H2. The second-order valence-corrected chi connectivity index (χ2v) is 7.76. The summed E-state index contributed by atoms with van der Waals surface area (Å²) in [7, 11) is 0. The quantitative estimate of drug-likeness (QED) is 0.797. The number of benzene rings is 1. The largest absolute Gasteiger partial charge is 0.401 e. The third-order valence-electron chi connectivity index (χ3n) is 5.62. The first kappa shape index (κ1) is 19.6. The average molecular weight is 369 g/mol. The van der Waals surface area contributed by atoms with Gasteiger partial charge in [0.25, 0.3) is 0 Å². The molecule has 3 nitrogen and oxygen atoms in total. The fourth-order valence-corrected chi connectivity index (χ4v) is 4.10. The molecule has 2 aliphatic heterocycles. The predicted molar refractivity (Wildman–Crippen MR) is 98.2 cm³/mol. The van der Waals surface area contributed by atoms with Gasteiger partial charge in [-0.2, -0.15) is 13.2 Å². The smallest absolute Gasteiger partial charge is 0.314 e. The molecule has 146 valence electrons. The van der Waals surface area contributed by atoms with Crippen molar-refractivity contribution in [2.75, 3.05) is 45.8 Å². The van der Waals surface area contributed by atoms with Crippen LogP contribution in [-0.4, -0.2) is 67.8 Å². The van der Waals surface area contributed by atoms with Gasteiger partial charge < -0.3 is 10.2 Å². The van der Waals surface area contributed by atoms with Crippen LogP contribution >= 0.6 is 0 Å². The van der Waals surface area contributed by atoms with Crippen molar-refractivity contribution in [2.45, 2.75) is 37.9 Å². The zero-order valence-corrected chi connectivity index (χ0v) is 15.3. The van der Waals surface area contributed by atoms with Gasteiger partial charge >= 0.3 is 6.18 Å². The zero-order valence-electron chi connectivity index (χ0n) is 15.3. The van der Waals surface area contributed by atoms with Crippen molar-refractivity contribution >= 4 is 0 Å². The van der Waals surface area contributed by atoms with E-state index in [9.17, 15) is 13.2 Å². The van der Waals surface area contributed by atoms with Crippen molar-refractivity contribution in [2.24, 2.45) is 5.92 Å². The Morgan fingerprint density at radius 3 is 2.35 bits per heavy atom. The Hall–Kier alpha value is -1.11. The lowest BCUT2D eigenvalue weighted by Gasteiger charge is -2.33. The SMILES string of the molecule is FC(F)(F)CN1CCC(CNC2CCN(CCc3ccccc3)CC2)C1. The van der Waals surface area contributed by atoms with Gasteiger partial charge in [-0.25, -0.2) is 0 Å². The van der Waals surface area contributed by atoms with E-state index in [0.717, 1.165) is 51.9 Å². The van der Waals surface area contributed by atoms with E-state index in [1.54, 1.807) is 4.90 Å². The lowest BCUT2D eigenvalue weighted by molar-refractivity contribution is -0.143. The minimum atomic E-state index is -4.07. The van der Waals surface area contributed by atoms with Gasteiger partial charge in [0.2, 0.25) is 0 Å². The van der Waals surface area contributed by atoms with E-state index >= 15 is 0 Å².